The van der Waals surface area contributed by atoms with Crippen molar-refractivity contribution in [3.05, 3.63) is 35.0 Å². The van der Waals surface area contributed by atoms with E-state index in [1.54, 1.807) is 0 Å². The lowest BCUT2D eigenvalue weighted by Gasteiger charge is -2.25. The zero-order valence-electron chi connectivity index (χ0n) is 11.1. The molecule has 0 aromatic heterocycles. The summed E-state index contributed by atoms with van der Waals surface area (Å²) >= 11 is 6.04. The van der Waals surface area contributed by atoms with Crippen molar-refractivity contribution >= 4 is 11.6 Å². The molecule has 0 spiro atoms. The van der Waals surface area contributed by atoms with Crippen LogP contribution < -0.4 is 5.32 Å². The summed E-state index contributed by atoms with van der Waals surface area (Å²) in [6.07, 6.45) is 11.5. The molecular formula is C15H24ClN. The van der Waals surface area contributed by atoms with Gasteiger partial charge < -0.3 is 5.32 Å². The monoisotopic (exact) mass is 253 g/mol. The summed E-state index contributed by atoms with van der Waals surface area (Å²) in [5.41, 5.74) is 2.25. The molecule has 0 bridgehead atoms. The zero-order chi connectivity index (χ0) is 12.7. The van der Waals surface area contributed by atoms with E-state index in [2.05, 4.69) is 18.8 Å². The Morgan fingerprint density at radius 3 is 2.53 bits per heavy atom. The molecule has 1 nitrogen and oxygen atoms in total. The molecule has 0 heterocycles. The van der Waals surface area contributed by atoms with Crippen LogP contribution in [0.3, 0.4) is 0 Å². The average Bonchev–Trinajstić information content (AvgIpc) is 2.36. The Morgan fingerprint density at radius 2 is 2.00 bits per heavy atom. The van der Waals surface area contributed by atoms with Crippen LogP contribution >= 0.6 is 11.6 Å². The number of hydrogen-bond donors (Lipinski definition) is 1. The summed E-state index contributed by atoms with van der Waals surface area (Å²) in [5.74, 6) is 0. The van der Waals surface area contributed by atoms with E-state index in [9.17, 15) is 0 Å². The first-order valence-corrected chi connectivity index (χ1v) is 7.03. The van der Waals surface area contributed by atoms with Crippen LogP contribution in [-0.4, -0.2) is 6.04 Å². The van der Waals surface area contributed by atoms with Crippen molar-refractivity contribution in [1.29, 1.82) is 0 Å². The molecular weight excluding hydrogens is 230 g/mol. The number of hydrogen-bond acceptors (Lipinski definition) is 1. The molecule has 1 aliphatic carbocycles. The van der Waals surface area contributed by atoms with Crippen molar-refractivity contribution in [1.82, 2.24) is 5.32 Å². The van der Waals surface area contributed by atoms with Gasteiger partial charge in [-0.25, -0.2) is 0 Å². The molecule has 0 atom stereocenters. The van der Waals surface area contributed by atoms with Gasteiger partial charge in [0.05, 0.1) is 0 Å². The highest BCUT2D eigenvalue weighted by molar-refractivity contribution is 6.31. The standard InChI is InChI=1S/C15H24ClN/c1-4-13(11-14(16)5-2)12(3)17-15-9-7-6-8-10-15/h5,11,15,17H,3-4,6-10H2,1-2H3/b13-11+,14-5+. The molecule has 1 aliphatic rings. The van der Waals surface area contributed by atoms with Gasteiger partial charge in [-0.05, 0) is 37.8 Å². The summed E-state index contributed by atoms with van der Waals surface area (Å²) in [6.45, 7) is 8.23. The second-order valence-electron chi connectivity index (χ2n) is 4.65. The molecule has 0 amide bonds. The Labute approximate surface area is 111 Å². The highest BCUT2D eigenvalue weighted by atomic mass is 35.5. The lowest BCUT2D eigenvalue weighted by atomic mass is 9.95. The van der Waals surface area contributed by atoms with Crippen molar-refractivity contribution in [3.63, 3.8) is 0 Å². The normalized spacial score (nSPS) is 19.2. The largest absolute Gasteiger partial charge is 0.383 e. The minimum atomic E-state index is 0.607. The fourth-order valence-corrected chi connectivity index (χ4v) is 2.37. The van der Waals surface area contributed by atoms with Gasteiger partial charge in [-0.15, -0.1) is 0 Å². The van der Waals surface area contributed by atoms with Gasteiger partial charge in [-0.2, -0.15) is 0 Å². The van der Waals surface area contributed by atoms with Crippen molar-refractivity contribution in [2.24, 2.45) is 0 Å². The molecule has 0 aromatic rings. The van der Waals surface area contributed by atoms with Gasteiger partial charge in [0.25, 0.3) is 0 Å². The Hall–Kier alpha value is -0.690. The predicted molar refractivity (Wildman–Crippen MR) is 77.1 cm³/mol. The molecule has 1 fully saturated rings. The van der Waals surface area contributed by atoms with Crippen molar-refractivity contribution in [3.8, 4) is 0 Å². The van der Waals surface area contributed by atoms with Crippen LogP contribution in [0.1, 0.15) is 52.4 Å². The molecule has 0 radical (unpaired) electrons. The quantitative estimate of drug-likeness (QED) is 0.687. The van der Waals surface area contributed by atoms with E-state index in [-0.39, 0.29) is 0 Å². The van der Waals surface area contributed by atoms with Gasteiger partial charge >= 0.3 is 0 Å². The van der Waals surface area contributed by atoms with Crippen molar-refractivity contribution in [2.45, 2.75) is 58.4 Å². The van der Waals surface area contributed by atoms with E-state index in [4.69, 9.17) is 11.6 Å². The van der Waals surface area contributed by atoms with Crippen LogP contribution in [0.2, 0.25) is 0 Å². The van der Waals surface area contributed by atoms with Crippen LogP contribution in [-0.2, 0) is 0 Å². The van der Waals surface area contributed by atoms with E-state index >= 15 is 0 Å². The molecule has 0 aliphatic heterocycles. The van der Waals surface area contributed by atoms with E-state index in [1.807, 2.05) is 19.1 Å². The van der Waals surface area contributed by atoms with E-state index in [0.717, 1.165) is 17.2 Å². The Kier molecular flexibility index (Phi) is 6.43. The van der Waals surface area contributed by atoms with Crippen LogP contribution in [0.25, 0.3) is 0 Å². The summed E-state index contributed by atoms with van der Waals surface area (Å²) in [7, 11) is 0. The van der Waals surface area contributed by atoms with Crippen LogP contribution in [0.15, 0.2) is 35.0 Å². The fourth-order valence-electron chi connectivity index (χ4n) is 2.24. The highest BCUT2D eigenvalue weighted by Crippen LogP contribution is 2.21. The minimum absolute atomic E-state index is 0.607. The van der Waals surface area contributed by atoms with E-state index < -0.39 is 0 Å². The Balaban J connectivity index is 2.57. The zero-order valence-corrected chi connectivity index (χ0v) is 11.8. The topological polar surface area (TPSA) is 12.0 Å². The lowest BCUT2D eigenvalue weighted by molar-refractivity contribution is 0.398. The molecule has 0 unspecified atom stereocenters. The molecule has 1 N–H and O–H groups in total. The third-order valence-corrected chi connectivity index (χ3v) is 3.67. The van der Waals surface area contributed by atoms with Gasteiger partial charge in [0.15, 0.2) is 0 Å². The Morgan fingerprint density at radius 1 is 1.35 bits per heavy atom. The third-order valence-electron chi connectivity index (χ3n) is 3.34. The maximum Gasteiger partial charge on any atom is 0.0366 e. The lowest BCUT2D eigenvalue weighted by Crippen LogP contribution is -2.30. The number of rotatable bonds is 5. The smallest absolute Gasteiger partial charge is 0.0366 e. The van der Waals surface area contributed by atoms with Crippen molar-refractivity contribution in [2.75, 3.05) is 0 Å². The number of allylic oxidation sites excluding steroid dienone is 4. The van der Waals surface area contributed by atoms with Gasteiger partial charge in [0.1, 0.15) is 0 Å². The van der Waals surface area contributed by atoms with Gasteiger partial charge in [-0.3, -0.25) is 0 Å². The minimum Gasteiger partial charge on any atom is -0.383 e. The molecule has 0 aromatic carbocycles. The molecule has 17 heavy (non-hydrogen) atoms. The molecule has 1 saturated carbocycles. The van der Waals surface area contributed by atoms with E-state index in [0.29, 0.717) is 6.04 Å². The SMILES string of the molecule is C=C(NC1CCCCC1)/C(=C/C(Cl)=C\C)CC. The maximum absolute atomic E-state index is 6.04. The number of nitrogens with one attached hydrogen (secondary N) is 1. The molecule has 96 valence electrons. The first-order chi connectivity index (χ1) is 8.17. The number of halogens is 1. The summed E-state index contributed by atoms with van der Waals surface area (Å²) in [6, 6.07) is 0.607. The predicted octanol–water partition coefficient (Wildman–Crippen LogP) is 4.90. The summed E-state index contributed by atoms with van der Waals surface area (Å²) in [5, 5.41) is 4.34. The van der Waals surface area contributed by atoms with Crippen LogP contribution in [0.4, 0.5) is 0 Å². The average molecular weight is 254 g/mol. The third kappa shape index (κ3) is 4.99. The first kappa shape index (κ1) is 14.4. The van der Waals surface area contributed by atoms with Crippen LogP contribution in [0.5, 0.6) is 0 Å². The van der Waals surface area contributed by atoms with Gasteiger partial charge in [-0.1, -0.05) is 50.4 Å². The van der Waals surface area contributed by atoms with Gasteiger partial charge in [0.2, 0.25) is 0 Å². The maximum atomic E-state index is 6.04. The fraction of sp³-hybridized carbons (Fsp3) is 0.600. The molecule has 0 saturated heterocycles. The summed E-state index contributed by atoms with van der Waals surface area (Å²) < 4.78 is 0. The first-order valence-electron chi connectivity index (χ1n) is 6.65. The van der Waals surface area contributed by atoms with E-state index in [1.165, 1.54) is 37.7 Å². The Bertz CT molecular complexity index is 309. The van der Waals surface area contributed by atoms with Crippen molar-refractivity contribution < 1.29 is 0 Å². The highest BCUT2D eigenvalue weighted by Gasteiger charge is 2.14. The second kappa shape index (κ2) is 7.60. The summed E-state index contributed by atoms with van der Waals surface area (Å²) in [4.78, 5) is 0. The van der Waals surface area contributed by atoms with Crippen LogP contribution in [0, 0.1) is 0 Å². The van der Waals surface area contributed by atoms with Gasteiger partial charge in [0, 0.05) is 16.8 Å². The molecule has 1 rings (SSSR count). The molecule has 2 heteroatoms. The second-order valence-corrected chi connectivity index (χ2v) is 5.09.